The van der Waals surface area contributed by atoms with Crippen molar-refractivity contribution in [3.8, 4) is 16.9 Å². The lowest BCUT2D eigenvalue weighted by atomic mass is 10.1. The molecule has 2 rings (SSSR count). The highest BCUT2D eigenvalue weighted by molar-refractivity contribution is 7.48. The van der Waals surface area contributed by atoms with E-state index in [1.165, 1.54) is 14.2 Å². The van der Waals surface area contributed by atoms with Crippen molar-refractivity contribution in [3.05, 3.63) is 54.6 Å². The van der Waals surface area contributed by atoms with E-state index in [9.17, 15) is 4.57 Å². The number of hydrogen-bond acceptors (Lipinski definition) is 4. The largest absolute Gasteiger partial charge is 0.529 e. The molecule has 0 saturated heterocycles. The van der Waals surface area contributed by atoms with E-state index >= 15 is 0 Å². The standard InChI is InChI=1S/C14H15O4P/c1-16-19(15,17-2)18-14-10-8-13(9-11-14)12-6-4-3-5-7-12/h3-11H,1-2H3. The molecule has 0 spiro atoms. The van der Waals surface area contributed by atoms with E-state index in [0.29, 0.717) is 5.75 Å². The van der Waals surface area contributed by atoms with Crippen molar-refractivity contribution < 1.29 is 18.1 Å². The van der Waals surface area contributed by atoms with E-state index < -0.39 is 7.82 Å². The molecule has 0 heterocycles. The Bertz CT molecular complexity index is 558. The molecule has 0 radical (unpaired) electrons. The molecule has 0 fully saturated rings. The average Bonchev–Trinajstić information content (AvgIpc) is 2.49. The van der Waals surface area contributed by atoms with Gasteiger partial charge in [0, 0.05) is 14.2 Å². The maximum absolute atomic E-state index is 11.8. The molecular weight excluding hydrogens is 263 g/mol. The molecule has 5 heteroatoms. The average molecular weight is 278 g/mol. The fourth-order valence-corrected chi connectivity index (χ4v) is 2.30. The highest BCUT2D eigenvalue weighted by atomic mass is 31.2. The number of hydrogen-bond donors (Lipinski definition) is 0. The van der Waals surface area contributed by atoms with Gasteiger partial charge in [-0.3, -0.25) is 9.05 Å². The van der Waals surface area contributed by atoms with Gasteiger partial charge in [-0.1, -0.05) is 42.5 Å². The zero-order valence-electron chi connectivity index (χ0n) is 10.8. The minimum absolute atomic E-state index is 0.437. The van der Waals surface area contributed by atoms with Crippen LogP contribution in [-0.2, 0) is 13.6 Å². The Morgan fingerprint density at radius 3 is 1.84 bits per heavy atom. The summed E-state index contributed by atoms with van der Waals surface area (Å²) in [6.45, 7) is 0. The van der Waals surface area contributed by atoms with E-state index in [1.54, 1.807) is 12.1 Å². The van der Waals surface area contributed by atoms with Gasteiger partial charge in [0.05, 0.1) is 0 Å². The predicted octanol–water partition coefficient (Wildman–Crippen LogP) is 4.13. The maximum atomic E-state index is 11.8. The van der Waals surface area contributed by atoms with Crippen LogP contribution in [0.2, 0.25) is 0 Å². The van der Waals surface area contributed by atoms with Gasteiger partial charge in [-0.25, -0.2) is 4.57 Å². The zero-order valence-corrected chi connectivity index (χ0v) is 11.7. The summed E-state index contributed by atoms with van der Waals surface area (Å²) in [6.07, 6.45) is 0. The Balaban J connectivity index is 2.18. The van der Waals surface area contributed by atoms with Crippen molar-refractivity contribution in [2.75, 3.05) is 14.2 Å². The summed E-state index contributed by atoms with van der Waals surface area (Å²) in [6, 6.07) is 17.2. The van der Waals surface area contributed by atoms with Crippen molar-refractivity contribution in [3.63, 3.8) is 0 Å². The van der Waals surface area contributed by atoms with E-state index in [-0.39, 0.29) is 0 Å². The van der Waals surface area contributed by atoms with Crippen LogP contribution in [0.5, 0.6) is 5.75 Å². The molecule has 0 aliphatic heterocycles. The lowest BCUT2D eigenvalue weighted by molar-refractivity contribution is 0.211. The molecule has 0 atom stereocenters. The van der Waals surface area contributed by atoms with Gasteiger partial charge in [-0.2, -0.15) is 0 Å². The zero-order chi connectivity index (χ0) is 13.7. The van der Waals surface area contributed by atoms with E-state index in [2.05, 4.69) is 0 Å². The van der Waals surface area contributed by atoms with Crippen molar-refractivity contribution >= 4 is 7.82 Å². The molecule has 19 heavy (non-hydrogen) atoms. The third kappa shape index (κ3) is 3.44. The molecule has 2 aromatic rings. The summed E-state index contributed by atoms with van der Waals surface area (Å²) in [5.74, 6) is 0.437. The first-order valence-corrected chi connectivity index (χ1v) is 7.19. The van der Waals surface area contributed by atoms with Crippen molar-refractivity contribution in [1.82, 2.24) is 0 Å². The molecule has 0 amide bonds. The molecule has 0 aliphatic carbocycles. The SMILES string of the molecule is COP(=O)(OC)Oc1ccc(-c2ccccc2)cc1. The molecule has 4 nitrogen and oxygen atoms in total. The maximum Gasteiger partial charge on any atom is 0.529 e. The Morgan fingerprint density at radius 2 is 1.32 bits per heavy atom. The van der Waals surface area contributed by atoms with Crippen LogP contribution in [0.3, 0.4) is 0 Å². The van der Waals surface area contributed by atoms with Crippen LogP contribution in [0.1, 0.15) is 0 Å². The molecule has 100 valence electrons. The van der Waals surface area contributed by atoms with E-state index in [4.69, 9.17) is 13.6 Å². The van der Waals surface area contributed by atoms with Gasteiger partial charge in [0.1, 0.15) is 5.75 Å². The summed E-state index contributed by atoms with van der Waals surface area (Å²) < 4.78 is 26.4. The van der Waals surface area contributed by atoms with Crippen molar-refractivity contribution in [2.45, 2.75) is 0 Å². The quantitative estimate of drug-likeness (QED) is 0.771. The minimum atomic E-state index is -3.49. The molecule has 0 bridgehead atoms. The monoisotopic (exact) mass is 278 g/mol. The molecule has 0 aliphatic rings. The van der Waals surface area contributed by atoms with E-state index in [0.717, 1.165) is 11.1 Å². The molecular formula is C14H15O4P. The molecule has 0 unspecified atom stereocenters. The van der Waals surface area contributed by atoms with Crippen LogP contribution in [0.15, 0.2) is 54.6 Å². The van der Waals surface area contributed by atoms with E-state index in [1.807, 2.05) is 42.5 Å². The van der Waals surface area contributed by atoms with Gasteiger partial charge in [-0.05, 0) is 23.3 Å². The van der Waals surface area contributed by atoms with Crippen molar-refractivity contribution in [1.29, 1.82) is 0 Å². The lowest BCUT2D eigenvalue weighted by Crippen LogP contribution is -1.96. The fraction of sp³-hybridized carbons (Fsp3) is 0.143. The summed E-state index contributed by atoms with van der Waals surface area (Å²) in [5.41, 5.74) is 2.16. The second-order valence-electron chi connectivity index (χ2n) is 3.79. The molecule has 2 aromatic carbocycles. The smallest absolute Gasteiger partial charge is 0.404 e. The van der Waals surface area contributed by atoms with Gasteiger partial charge in [0.25, 0.3) is 0 Å². The van der Waals surface area contributed by atoms with Crippen LogP contribution in [0.25, 0.3) is 11.1 Å². The number of rotatable bonds is 5. The van der Waals surface area contributed by atoms with Gasteiger partial charge in [0.15, 0.2) is 0 Å². The summed E-state index contributed by atoms with van der Waals surface area (Å²) in [7, 11) is -0.929. The van der Waals surface area contributed by atoms with Crippen LogP contribution in [0, 0.1) is 0 Å². The lowest BCUT2D eigenvalue weighted by Gasteiger charge is -2.14. The van der Waals surface area contributed by atoms with Gasteiger partial charge < -0.3 is 4.52 Å². The third-order valence-electron chi connectivity index (χ3n) is 2.63. The third-order valence-corrected chi connectivity index (χ3v) is 3.95. The number of phosphoric acid groups is 1. The molecule has 0 saturated carbocycles. The molecule has 0 N–H and O–H groups in total. The van der Waals surface area contributed by atoms with Gasteiger partial charge >= 0.3 is 7.82 Å². The molecule has 0 aromatic heterocycles. The van der Waals surface area contributed by atoms with Crippen LogP contribution >= 0.6 is 7.82 Å². The van der Waals surface area contributed by atoms with Gasteiger partial charge in [-0.15, -0.1) is 0 Å². The topological polar surface area (TPSA) is 44.8 Å². The van der Waals surface area contributed by atoms with Crippen molar-refractivity contribution in [2.24, 2.45) is 0 Å². The minimum Gasteiger partial charge on any atom is -0.404 e. The number of phosphoric ester groups is 1. The predicted molar refractivity (Wildman–Crippen MR) is 74.1 cm³/mol. The van der Waals surface area contributed by atoms with Crippen LogP contribution in [-0.4, -0.2) is 14.2 Å². The first kappa shape index (κ1) is 13.8. The highest BCUT2D eigenvalue weighted by Gasteiger charge is 2.24. The summed E-state index contributed by atoms with van der Waals surface area (Å²) in [4.78, 5) is 0. The Kier molecular flexibility index (Phi) is 4.38. The normalized spacial score (nSPS) is 11.3. The number of benzene rings is 2. The Labute approximate surface area is 112 Å². The first-order valence-electron chi connectivity index (χ1n) is 5.73. The Morgan fingerprint density at radius 1 is 0.789 bits per heavy atom. The fourth-order valence-electron chi connectivity index (χ4n) is 1.62. The highest BCUT2D eigenvalue weighted by Crippen LogP contribution is 2.47. The van der Waals surface area contributed by atoms with Gasteiger partial charge in [0.2, 0.25) is 0 Å². The summed E-state index contributed by atoms with van der Waals surface area (Å²) in [5, 5.41) is 0. The second-order valence-corrected chi connectivity index (χ2v) is 5.60. The van der Waals surface area contributed by atoms with Crippen LogP contribution in [0.4, 0.5) is 0 Å². The second kappa shape index (κ2) is 6.02. The summed E-state index contributed by atoms with van der Waals surface area (Å²) >= 11 is 0. The first-order chi connectivity index (χ1) is 9.17. The Hall–Kier alpha value is -1.61. The van der Waals surface area contributed by atoms with Crippen LogP contribution < -0.4 is 4.52 Å².